The van der Waals surface area contributed by atoms with Crippen LogP contribution in [0.3, 0.4) is 0 Å². The molecule has 0 radical (unpaired) electrons. The second kappa shape index (κ2) is 8.75. The van der Waals surface area contributed by atoms with Crippen LogP contribution in [0, 0.1) is 0 Å². The molecule has 0 saturated heterocycles. The standard InChI is InChI=1S/C23H19N3O2S/c1-16(17-11-13-19(14-12-17)18-7-3-2-4-8-18)25-26-22(27)15-29-23-24-20-9-5-6-10-21(20)28-23/h2-14H,15H2,1H3,(H,26,27). The lowest BCUT2D eigenvalue weighted by molar-refractivity contribution is -0.118. The van der Waals surface area contributed by atoms with Gasteiger partial charge in [-0.25, -0.2) is 10.4 Å². The lowest BCUT2D eigenvalue weighted by Gasteiger charge is -2.05. The van der Waals surface area contributed by atoms with Crippen molar-refractivity contribution in [2.45, 2.75) is 12.1 Å². The van der Waals surface area contributed by atoms with E-state index in [1.807, 2.05) is 61.5 Å². The van der Waals surface area contributed by atoms with Gasteiger partial charge in [0, 0.05) is 0 Å². The van der Waals surface area contributed by atoms with E-state index in [1.54, 1.807) is 0 Å². The molecule has 5 nitrogen and oxygen atoms in total. The molecule has 0 fully saturated rings. The number of fused-ring (bicyclic) bond motifs is 1. The Morgan fingerprint density at radius 3 is 2.41 bits per heavy atom. The minimum atomic E-state index is -0.211. The molecule has 1 aromatic heterocycles. The first kappa shape index (κ1) is 19.0. The largest absolute Gasteiger partial charge is 0.431 e. The zero-order valence-corrected chi connectivity index (χ0v) is 16.6. The van der Waals surface area contributed by atoms with Crippen LogP contribution >= 0.6 is 11.8 Å². The van der Waals surface area contributed by atoms with E-state index in [-0.39, 0.29) is 11.7 Å². The van der Waals surface area contributed by atoms with Gasteiger partial charge in [-0.05, 0) is 35.7 Å². The molecule has 0 unspecified atom stereocenters. The monoisotopic (exact) mass is 401 g/mol. The topological polar surface area (TPSA) is 67.5 Å². The summed E-state index contributed by atoms with van der Waals surface area (Å²) in [6.45, 7) is 1.87. The fourth-order valence-electron chi connectivity index (χ4n) is 2.82. The van der Waals surface area contributed by atoms with Gasteiger partial charge in [0.15, 0.2) is 5.58 Å². The van der Waals surface area contributed by atoms with Crippen molar-refractivity contribution in [3.05, 3.63) is 84.4 Å². The second-order valence-electron chi connectivity index (χ2n) is 6.41. The number of para-hydroxylation sites is 2. The fourth-order valence-corrected chi connectivity index (χ4v) is 3.45. The summed E-state index contributed by atoms with van der Waals surface area (Å²) >= 11 is 1.24. The Labute approximate surface area is 172 Å². The molecule has 0 bridgehead atoms. The number of hydrazone groups is 1. The fraction of sp³-hybridized carbons (Fsp3) is 0.0870. The third-order valence-electron chi connectivity index (χ3n) is 4.36. The lowest BCUT2D eigenvalue weighted by atomic mass is 10.0. The highest BCUT2D eigenvalue weighted by Gasteiger charge is 2.09. The van der Waals surface area contributed by atoms with Gasteiger partial charge in [0.05, 0.1) is 11.5 Å². The van der Waals surface area contributed by atoms with Gasteiger partial charge in [0.1, 0.15) is 5.52 Å². The van der Waals surface area contributed by atoms with Crippen LogP contribution in [0.5, 0.6) is 0 Å². The van der Waals surface area contributed by atoms with Crippen LogP contribution < -0.4 is 5.43 Å². The molecule has 4 rings (SSSR count). The summed E-state index contributed by atoms with van der Waals surface area (Å²) in [5.41, 5.74) is 8.08. The van der Waals surface area contributed by atoms with Crippen molar-refractivity contribution >= 4 is 34.5 Å². The van der Waals surface area contributed by atoms with Crippen molar-refractivity contribution < 1.29 is 9.21 Å². The molecule has 0 aliphatic heterocycles. The number of carbonyl (C=O) groups excluding carboxylic acids is 1. The molecule has 0 atom stereocenters. The smallest absolute Gasteiger partial charge is 0.257 e. The molecular weight excluding hydrogens is 382 g/mol. The lowest BCUT2D eigenvalue weighted by Crippen LogP contribution is -2.21. The number of thioether (sulfide) groups is 1. The van der Waals surface area contributed by atoms with E-state index in [0.29, 0.717) is 10.8 Å². The summed E-state index contributed by atoms with van der Waals surface area (Å²) < 4.78 is 5.60. The molecule has 0 spiro atoms. The molecule has 0 aliphatic rings. The number of rotatable bonds is 6. The highest BCUT2D eigenvalue weighted by molar-refractivity contribution is 7.99. The minimum Gasteiger partial charge on any atom is -0.431 e. The Kier molecular flexibility index (Phi) is 5.72. The number of carbonyl (C=O) groups is 1. The molecule has 1 amide bonds. The van der Waals surface area contributed by atoms with Crippen LogP contribution in [0.4, 0.5) is 0 Å². The van der Waals surface area contributed by atoms with Crippen molar-refractivity contribution in [3.8, 4) is 11.1 Å². The first-order chi connectivity index (χ1) is 14.2. The van der Waals surface area contributed by atoms with Crippen LogP contribution in [0.2, 0.25) is 0 Å². The van der Waals surface area contributed by atoms with Gasteiger partial charge in [-0.1, -0.05) is 78.5 Å². The van der Waals surface area contributed by atoms with E-state index in [2.05, 4.69) is 39.8 Å². The summed E-state index contributed by atoms with van der Waals surface area (Å²) in [5.74, 6) is -0.0335. The first-order valence-electron chi connectivity index (χ1n) is 9.16. The van der Waals surface area contributed by atoms with Gasteiger partial charge in [0.2, 0.25) is 0 Å². The number of aromatic nitrogens is 1. The summed E-state index contributed by atoms with van der Waals surface area (Å²) in [7, 11) is 0. The average Bonchev–Trinajstić information content (AvgIpc) is 3.20. The maximum Gasteiger partial charge on any atom is 0.257 e. The zero-order chi connectivity index (χ0) is 20.1. The maximum atomic E-state index is 12.1. The van der Waals surface area contributed by atoms with Crippen LogP contribution in [0.15, 0.2) is 93.6 Å². The molecule has 0 saturated carbocycles. The number of nitrogens with zero attached hydrogens (tertiary/aromatic N) is 2. The van der Waals surface area contributed by atoms with Crippen LogP contribution in [-0.2, 0) is 4.79 Å². The molecule has 4 aromatic rings. The first-order valence-corrected chi connectivity index (χ1v) is 10.1. The SMILES string of the molecule is CC(=NNC(=O)CSc1nc2ccccc2o1)c1ccc(-c2ccccc2)cc1. The highest BCUT2D eigenvalue weighted by Crippen LogP contribution is 2.23. The van der Waals surface area contributed by atoms with E-state index in [0.717, 1.165) is 27.9 Å². The summed E-state index contributed by atoms with van der Waals surface area (Å²) in [6, 6.07) is 25.8. The maximum absolute atomic E-state index is 12.1. The third-order valence-corrected chi connectivity index (χ3v) is 5.19. The summed E-state index contributed by atoms with van der Waals surface area (Å²) in [4.78, 5) is 16.4. The molecule has 29 heavy (non-hydrogen) atoms. The van der Waals surface area contributed by atoms with E-state index in [4.69, 9.17) is 4.42 Å². The number of oxazole rings is 1. The number of hydrogen-bond acceptors (Lipinski definition) is 5. The number of hydrogen-bond donors (Lipinski definition) is 1. The quantitative estimate of drug-likeness (QED) is 0.276. The molecule has 3 aromatic carbocycles. The Hall–Kier alpha value is -3.38. The molecule has 1 N–H and O–H groups in total. The van der Waals surface area contributed by atoms with Crippen molar-refractivity contribution in [1.82, 2.24) is 10.4 Å². The van der Waals surface area contributed by atoms with Gasteiger partial charge in [0.25, 0.3) is 11.1 Å². The van der Waals surface area contributed by atoms with Crippen LogP contribution in [0.25, 0.3) is 22.2 Å². The van der Waals surface area contributed by atoms with Crippen molar-refractivity contribution in [1.29, 1.82) is 0 Å². The van der Waals surface area contributed by atoms with Gasteiger partial charge >= 0.3 is 0 Å². The third kappa shape index (κ3) is 4.73. The van der Waals surface area contributed by atoms with Gasteiger partial charge in [-0.3, -0.25) is 4.79 Å². The minimum absolute atomic E-state index is 0.177. The zero-order valence-electron chi connectivity index (χ0n) is 15.8. The second-order valence-corrected chi connectivity index (χ2v) is 7.34. The van der Waals surface area contributed by atoms with E-state index >= 15 is 0 Å². The van der Waals surface area contributed by atoms with E-state index in [9.17, 15) is 4.79 Å². The Morgan fingerprint density at radius 2 is 1.66 bits per heavy atom. The van der Waals surface area contributed by atoms with E-state index in [1.165, 1.54) is 11.8 Å². The van der Waals surface area contributed by atoms with Crippen LogP contribution in [0.1, 0.15) is 12.5 Å². The summed E-state index contributed by atoms with van der Waals surface area (Å²) in [5, 5.41) is 4.68. The van der Waals surface area contributed by atoms with Gasteiger partial charge in [-0.2, -0.15) is 5.10 Å². The number of amides is 1. The van der Waals surface area contributed by atoms with E-state index < -0.39 is 0 Å². The van der Waals surface area contributed by atoms with Crippen molar-refractivity contribution in [2.24, 2.45) is 5.10 Å². The average molecular weight is 401 g/mol. The highest BCUT2D eigenvalue weighted by atomic mass is 32.2. The molecule has 1 heterocycles. The molecule has 144 valence electrons. The normalized spacial score (nSPS) is 11.6. The predicted octanol–water partition coefficient (Wildman–Crippen LogP) is 5.13. The molecule has 0 aliphatic carbocycles. The summed E-state index contributed by atoms with van der Waals surface area (Å²) in [6.07, 6.45) is 0. The Bertz CT molecular complexity index is 1120. The number of benzene rings is 3. The van der Waals surface area contributed by atoms with Gasteiger partial charge in [-0.15, -0.1) is 0 Å². The number of nitrogens with one attached hydrogen (secondary N) is 1. The van der Waals surface area contributed by atoms with Gasteiger partial charge < -0.3 is 4.42 Å². The van der Waals surface area contributed by atoms with Crippen molar-refractivity contribution in [3.63, 3.8) is 0 Å². The van der Waals surface area contributed by atoms with Crippen LogP contribution in [-0.4, -0.2) is 22.4 Å². The molecule has 6 heteroatoms. The molecular formula is C23H19N3O2S. The Balaban J connectivity index is 1.33. The predicted molar refractivity (Wildman–Crippen MR) is 117 cm³/mol. The Morgan fingerprint density at radius 1 is 0.966 bits per heavy atom. The van der Waals surface area contributed by atoms with Crippen molar-refractivity contribution in [2.75, 3.05) is 5.75 Å².